The number of hydrogen-bond donors (Lipinski definition) is 0. The molecule has 2 fully saturated rings. The number of thiophene rings is 1. The van der Waals surface area contributed by atoms with Crippen LogP contribution in [0.2, 0.25) is 0 Å². The van der Waals surface area contributed by atoms with Crippen LogP contribution in [0.4, 0.5) is 0 Å². The summed E-state index contributed by atoms with van der Waals surface area (Å²) >= 11 is 1.63. The minimum absolute atomic E-state index is 0.127. The van der Waals surface area contributed by atoms with Crippen LogP contribution in [0, 0.1) is 0 Å². The fourth-order valence-electron chi connectivity index (χ4n) is 3.96. The molecule has 112 valence electrons. The Balaban J connectivity index is 1.53. The van der Waals surface area contributed by atoms with Gasteiger partial charge in [0.25, 0.3) is 5.56 Å². The van der Waals surface area contributed by atoms with Crippen molar-refractivity contribution in [2.24, 2.45) is 0 Å². The first-order valence-electron chi connectivity index (χ1n) is 8.00. The van der Waals surface area contributed by atoms with Crippen molar-refractivity contribution in [2.45, 2.75) is 63.2 Å². The molecule has 4 heteroatoms. The average molecular weight is 303 g/mol. The van der Waals surface area contributed by atoms with Gasteiger partial charge in [0, 0.05) is 10.9 Å². The summed E-state index contributed by atoms with van der Waals surface area (Å²) in [5, 5.41) is 2.83. The van der Waals surface area contributed by atoms with E-state index in [1.54, 1.807) is 11.3 Å². The maximum absolute atomic E-state index is 12.5. The third kappa shape index (κ3) is 2.44. The molecule has 0 N–H and O–H groups in total. The molecular formula is C17H21NO2S. The molecular weight excluding hydrogens is 282 g/mol. The Bertz CT molecular complexity index is 696. The zero-order chi connectivity index (χ0) is 14.3. The summed E-state index contributed by atoms with van der Waals surface area (Å²) in [6.07, 6.45) is 10.8. The lowest BCUT2D eigenvalue weighted by atomic mass is 9.83. The number of nitrogens with zero attached hydrogens (tertiary/aromatic N) is 1. The van der Waals surface area contributed by atoms with Crippen LogP contribution in [-0.2, 0) is 11.3 Å². The lowest BCUT2D eigenvalue weighted by molar-refractivity contribution is -0.0681. The van der Waals surface area contributed by atoms with Gasteiger partial charge in [0.2, 0.25) is 0 Å². The van der Waals surface area contributed by atoms with E-state index in [1.807, 2.05) is 28.3 Å². The van der Waals surface area contributed by atoms with Crippen LogP contribution in [0.25, 0.3) is 10.1 Å². The van der Waals surface area contributed by atoms with Gasteiger partial charge in [-0.2, -0.15) is 0 Å². The topological polar surface area (TPSA) is 31.2 Å². The van der Waals surface area contributed by atoms with Gasteiger partial charge in [0.1, 0.15) is 0 Å². The van der Waals surface area contributed by atoms with Gasteiger partial charge in [-0.1, -0.05) is 19.3 Å². The average Bonchev–Trinajstić information content (AvgIpc) is 3.11. The highest BCUT2D eigenvalue weighted by molar-refractivity contribution is 7.17. The molecule has 1 unspecified atom stereocenters. The predicted molar refractivity (Wildman–Crippen MR) is 86.0 cm³/mol. The second-order valence-corrected chi connectivity index (χ2v) is 7.44. The highest BCUT2D eigenvalue weighted by atomic mass is 32.1. The standard InChI is InChI=1S/C17H21NO2S/c19-16-14-6-11-21-15(14)5-10-18(16)12-13-4-9-17(20-13)7-2-1-3-8-17/h5-6,10-11,13H,1-4,7-9,12H2. The van der Waals surface area contributed by atoms with E-state index in [4.69, 9.17) is 4.74 Å². The van der Waals surface area contributed by atoms with Gasteiger partial charge in [-0.25, -0.2) is 0 Å². The fraction of sp³-hybridized carbons (Fsp3) is 0.588. The van der Waals surface area contributed by atoms with E-state index < -0.39 is 0 Å². The summed E-state index contributed by atoms with van der Waals surface area (Å²) in [4.78, 5) is 12.5. The number of fused-ring (bicyclic) bond motifs is 1. The van der Waals surface area contributed by atoms with Gasteiger partial charge in [-0.3, -0.25) is 4.79 Å². The highest BCUT2D eigenvalue weighted by Crippen LogP contribution is 2.42. The minimum Gasteiger partial charge on any atom is -0.370 e. The summed E-state index contributed by atoms with van der Waals surface area (Å²) < 4.78 is 9.30. The normalized spacial score (nSPS) is 24.9. The quantitative estimate of drug-likeness (QED) is 0.841. The molecule has 0 radical (unpaired) electrons. The van der Waals surface area contributed by atoms with Gasteiger partial charge in [0.05, 0.1) is 23.6 Å². The zero-order valence-corrected chi connectivity index (χ0v) is 13.0. The molecule has 0 amide bonds. The zero-order valence-electron chi connectivity index (χ0n) is 12.2. The number of hydrogen-bond acceptors (Lipinski definition) is 3. The van der Waals surface area contributed by atoms with Gasteiger partial charge < -0.3 is 9.30 Å². The fourth-order valence-corrected chi connectivity index (χ4v) is 4.73. The van der Waals surface area contributed by atoms with Crippen molar-refractivity contribution in [3.63, 3.8) is 0 Å². The van der Waals surface area contributed by atoms with Crippen molar-refractivity contribution in [2.75, 3.05) is 0 Å². The van der Waals surface area contributed by atoms with E-state index in [0.29, 0.717) is 6.54 Å². The molecule has 1 aliphatic carbocycles. The first kappa shape index (κ1) is 13.5. The third-order valence-corrected chi connectivity index (χ3v) is 5.98. The lowest BCUT2D eigenvalue weighted by Gasteiger charge is -2.33. The second-order valence-electron chi connectivity index (χ2n) is 6.49. The Kier molecular flexibility index (Phi) is 3.38. The van der Waals surface area contributed by atoms with Crippen molar-refractivity contribution < 1.29 is 4.74 Å². The van der Waals surface area contributed by atoms with Crippen molar-refractivity contribution in [3.05, 3.63) is 34.1 Å². The second kappa shape index (κ2) is 5.25. The molecule has 1 spiro atoms. The molecule has 1 aliphatic heterocycles. The molecule has 4 rings (SSSR count). The Hall–Kier alpha value is -1.13. The highest BCUT2D eigenvalue weighted by Gasteiger charge is 2.40. The SMILES string of the molecule is O=c1c2ccsc2ccn1CC1CCC2(CCCCC2)O1. The van der Waals surface area contributed by atoms with Gasteiger partial charge in [-0.15, -0.1) is 11.3 Å². The molecule has 1 atom stereocenters. The molecule has 3 heterocycles. The molecule has 0 bridgehead atoms. The monoisotopic (exact) mass is 303 g/mol. The number of aromatic nitrogens is 1. The molecule has 1 saturated heterocycles. The minimum atomic E-state index is 0.127. The number of pyridine rings is 1. The summed E-state index contributed by atoms with van der Waals surface area (Å²) in [5.74, 6) is 0. The van der Waals surface area contributed by atoms with E-state index in [2.05, 4.69) is 0 Å². The van der Waals surface area contributed by atoms with Crippen LogP contribution < -0.4 is 5.56 Å². The van der Waals surface area contributed by atoms with Gasteiger partial charge in [-0.05, 0) is 43.2 Å². The molecule has 21 heavy (non-hydrogen) atoms. The van der Waals surface area contributed by atoms with E-state index in [-0.39, 0.29) is 17.3 Å². The largest absolute Gasteiger partial charge is 0.370 e. The van der Waals surface area contributed by atoms with Crippen molar-refractivity contribution >= 4 is 21.4 Å². The van der Waals surface area contributed by atoms with Crippen molar-refractivity contribution in [1.29, 1.82) is 0 Å². The summed E-state index contributed by atoms with van der Waals surface area (Å²) in [7, 11) is 0. The van der Waals surface area contributed by atoms with E-state index in [1.165, 1.54) is 38.5 Å². The van der Waals surface area contributed by atoms with Crippen molar-refractivity contribution in [1.82, 2.24) is 4.57 Å². The van der Waals surface area contributed by atoms with E-state index in [9.17, 15) is 4.79 Å². The summed E-state index contributed by atoms with van der Waals surface area (Å²) in [6, 6.07) is 3.98. The Morgan fingerprint density at radius 3 is 2.95 bits per heavy atom. The van der Waals surface area contributed by atoms with Crippen LogP contribution >= 0.6 is 11.3 Å². The van der Waals surface area contributed by atoms with Gasteiger partial charge in [0.15, 0.2) is 0 Å². The van der Waals surface area contributed by atoms with Crippen LogP contribution in [0.15, 0.2) is 28.5 Å². The maximum atomic E-state index is 12.5. The molecule has 3 nitrogen and oxygen atoms in total. The molecule has 0 aromatic carbocycles. The Morgan fingerprint density at radius 1 is 1.24 bits per heavy atom. The molecule has 1 saturated carbocycles. The van der Waals surface area contributed by atoms with Crippen molar-refractivity contribution in [3.8, 4) is 0 Å². The Morgan fingerprint density at radius 2 is 2.10 bits per heavy atom. The molecule has 2 aromatic rings. The van der Waals surface area contributed by atoms with Crippen LogP contribution in [-0.4, -0.2) is 16.3 Å². The first-order chi connectivity index (χ1) is 10.3. The molecule has 2 aromatic heterocycles. The van der Waals surface area contributed by atoms with Gasteiger partial charge >= 0.3 is 0 Å². The Labute approximate surface area is 128 Å². The predicted octanol–water partition coefficient (Wildman–Crippen LogP) is 3.94. The van der Waals surface area contributed by atoms with Crippen LogP contribution in [0.5, 0.6) is 0 Å². The van der Waals surface area contributed by atoms with Crippen LogP contribution in [0.1, 0.15) is 44.9 Å². The first-order valence-corrected chi connectivity index (χ1v) is 8.88. The van der Waals surface area contributed by atoms with Crippen LogP contribution in [0.3, 0.4) is 0 Å². The smallest absolute Gasteiger partial charge is 0.259 e. The summed E-state index contributed by atoms with van der Waals surface area (Å²) in [5.41, 5.74) is 0.265. The van der Waals surface area contributed by atoms with E-state index >= 15 is 0 Å². The lowest BCUT2D eigenvalue weighted by Crippen LogP contribution is -2.33. The molecule has 2 aliphatic rings. The third-order valence-electron chi connectivity index (χ3n) is 5.10. The number of ether oxygens (including phenoxy) is 1. The summed E-state index contributed by atoms with van der Waals surface area (Å²) in [6.45, 7) is 0.701. The maximum Gasteiger partial charge on any atom is 0.259 e. The number of rotatable bonds is 2. The van der Waals surface area contributed by atoms with E-state index in [0.717, 1.165) is 16.5 Å².